The molecule has 2 amide bonds. The van der Waals surface area contributed by atoms with Crippen LogP contribution in [0.2, 0.25) is 0 Å². The number of rotatable bonds is 6. The molecule has 0 saturated carbocycles. The Balaban J connectivity index is 0.00000338. The second-order valence-electron chi connectivity index (χ2n) is 6.35. The molecule has 6 heteroatoms. The van der Waals surface area contributed by atoms with Gasteiger partial charge in [0.25, 0.3) is 5.91 Å². The fraction of sp³-hybridized carbons (Fsp3) is 0.300. The summed E-state index contributed by atoms with van der Waals surface area (Å²) in [6.45, 7) is 5.99. The summed E-state index contributed by atoms with van der Waals surface area (Å²) in [5, 5.41) is 5.68. The molecule has 0 fully saturated rings. The van der Waals surface area contributed by atoms with Crippen molar-refractivity contribution < 1.29 is 9.59 Å². The number of benzene rings is 2. The maximum atomic E-state index is 12.5. The van der Waals surface area contributed by atoms with E-state index in [-0.39, 0.29) is 36.2 Å². The molecule has 0 aliphatic carbocycles. The number of para-hydroxylation sites is 1. The first-order chi connectivity index (χ1) is 11.9. The molecule has 5 nitrogen and oxygen atoms in total. The van der Waals surface area contributed by atoms with E-state index in [1.54, 1.807) is 38.1 Å². The summed E-state index contributed by atoms with van der Waals surface area (Å²) in [5.74, 6) is -0.776. The van der Waals surface area contributed by atoms with Crippen LogP contribution in [0, 0.1) is 12.8 Å². The Morgan fingerprint density at radius 2 is 1.65 bits per heavy atom. The lowest BCUT2D eigenvalue weighted by Crippen LogP contribution is -2.35. The zero-order chi connectivity index (χ0) is 18.4. The minimum atomic E-state index is -0.344. The predicted octanol–water partition coefficient (Wildman–Crippen LogP) is 3.27. The van der Waals surface area contributed by atoms with Crippen molar-refractivity contribution >= 4 is 29.9 Å². The number of halogens is 1. The maximum absolute atomic E-state index is 12.5. The number of hydrogen-bond donors (Lipinski definition) is 3. The van der Waals surface area contributed by atoms with E-state index in [9.17, 15) is 9.59 Å². The van der Waals surface area contributed by atoms with E-state index in [1.165, 1.54) is 5.56 Å². The molecule has 0 bridgehead atoms. The van der Waals surface area contributed by atoms with Crippen LogP contribution in [0.15, 0.2) is 48.5 Å². The molecule has 2 aromatic rings. The van der Waals surface area contributed by atoms with Crippen LogP contribution in [0.5, 0.6) is 0 Å². The van der Waals surface area contributed by atoms with Crippen LogP contribution in [0.4, 0.5) is 5.69 Å². The van der Waals surface area contributed by atoms with Crippen molar-refractivity contribution in [3.63, 3.8) is 0 Å². The molecule has 4 N–H and O–H groups in total. The summed E-state index contributed by atoms with van der Waals surface area (Å²) in [6.07, 6.45) is 0. The minimum Gasteiger partial charge on any atom is -0.348 e. The van der Waals surface area contributed by atoms with Crippen molar-refractivity contribution in [2.45, 2.75) is 33.4 Å². The molecule has 0 saturated heterocycles. The van der Waals surface area contributed by atoms with Gasteiger partial charge in [-0.1, -0.05) is 48.9 Å². The van der Waals surface area contributed by atoms with Gasteiger partial charge in [-0.2, -0.15) is 0 Å². The lowest BCUT2D eigenvalue weighted by molar-refractivity contribution is -0.119. The van der Waals surface area contributed by atoms with E-state index in [1.807, 2.05) is 31.2 Å². The average molecular weight is 376 g/mol. The topological polar surface area (TPSA) is 84.2 Å². The number of nitrogens with two attached hydrogens (primary N) is 1. The van der Waals surface area contributed by atoms with Crippen molar-refractivity contribution in [1.82, 2.24) is 5.32 Å². The second-order valence-corrected chi connectivity index (χ2v) is 6.35. The maximum Gasteiger partial charge on any atom is 0.253 e. The van der Waals surface area contributed by atoms with E-state index < -0.39 is 0 Å². The molecule has 2 unspecified atom stereocenters. The van der Waals surface area contributed by atoms with Gasteiger partial charge in [-0.05, 0) is 31.5 Å². The molecule has 140 valence electrons. The summed E-state index contributed by atoms with van der Waals surface area (Å²) < 4.78 is 0. The van der Waals surface area contributed by atoms with Crippen LogP contribution in [0.1, 0.15) is 35.3 Å². The molecule has 2 rings (SSSR count). The molecular weight excluding hydrogens is 350 g/mol. The largest absolute Gasteiger partial charge is 0.348 e. The van der Waals surface area contributed by atoms with Gasteiger partial charge in [0.1, 0.15) is 0 Å². The van der Waals surface area contributed by atoms with Gasteiger partial charge in [0.15, 0.2) is 0 Å². The van der Waals surface area contributed by atoms with Crippen LogP contribution in [0.25, 0.3) is 0 Å². The van der Waals surface area contributed by atoms with Gasteiger partial charge >= 0.3 is 0 Å². The summed E-state index contributed by atoms with van der Waals surface area (Å²) in [4.78, 5) is 24.7. The highest BCUT2D eigenvalue weighted by Crippen LogP contribution is 2.17. The Kier molecular flexibility index (Phi) is 8.29. The molecule has 0 heterocycles. The number of hydrogen-bond acceptors (Lipinski definition) is 3. The molecule has 0 radical (unpaired) electrons. The zero-order valence-corrected chi connectivity index (χ0v) is 16.1. The lowest BCUT2D eigenvalue weighted by Gasteiger charge is -2.17. The second kappa shape index (κ2) is 9.94. The first-order valence-corrected chi connectivity index (χ1v) is 8.37. The van der Waals surface area contributed by atoms with Gasteiger partial charge in [0, 0.05) is 12.6 Å². The third kappa shape index (κ3) is 5.86. The van der Waals surface area contributed by atoms with Crippen LogP contribution >= 0.6 is 12.4 Å². The summed E-state index contributed by atoms with van der Waals surface area (Å²) in [5.41, 5.74) is 8.88. The smallest absolute Gasteiger partial charge is 0.253 e. The quantitative estimate of drug-likeness (QED) is 0.724. The summed E-state index contributed by atoms with van der Waals surface area (Å²) in [6, 6.07) is 14.7. The van der Waals surface area contributed by atoms with Crippen molar-refractivity contribution in [3.05, 3.63) is 65.2 Å². The van der Waals surface area contributed by atoms with Crippen LogP contribution in [-0.4, -0.2) is 17.9 Å². The van der Waals surface area contributed by atoms with Crippen molar-refractivity contribution in [2.24, 2.45) is 11.7 Å². The van der Waals surface area contributed by atoms with Gasteiger partial charge in [0.05, 0.1) is 17.2 Å². The molecule has 0 aromatic heterocycles. The van der Waals surface area contributed by atoms with E-state index in [4.69, 9.17) is 5.73 Å². The van der Waals surface area contributed by atoms with Gasteiger partial charge in [-0.25, -0.2) is 0 Å². The number of anilines is 1. The first kappa shape index (κ1) is 21.7. The SMILES string of the molecule is Cc1ccc(CNC(=O)c2ccccc2NC(=O)C(C)C(C)N)cc1.Cl. The van der Waals surface area contributed by atoms with Gasteiger partial charge in [-0.3, -0.25) is 9.59 Å². The highest BCUT2D eigenvalue weighted by atomic mass is 35.5. The Labute approximate surface area is 160 Å². The number of carbonyl (C=O) groups is 2. The molecule has 2 atom stereocenters. The van der Waals surface area contributed by atoms with E-state index in [0.717, 1.165) is 5.56 Å². The third-order valence-corrected chi connectivity index (χ3v) is 4.21. The number of carbonyl (C=O) groups excluding carboxylic acids is 2. The number of nitrogens with one attached hydrogen (secondary N) is 2. The fourth-order valence-electron chi connectivity index (χ4n) is 2.26. The fourth-order valence-corrected chi connectivity index (χ4v) is 2.26. The van der Waals surface area contributed by atoms with E-state index in [0.29, 0.717) is 17.8 Å². The van der Waals surface area contributed by atoms with Crippen molar-refractivity contribution in [3.8, 4) is 0 Å². The molecule has 2 aromatic carbocycles. The van der Waals surface area contributed by atoms with Gasteiger partial charge in [-0.15, -0.1) is 12.4 Å². The van der Waals surface area contributed by atoms with Crippen LogP contribution in [0.3, 0.4) is 0 Å². The Morgan fingerprint density at radius 3 is 2.27 bits per heavy atom. The number of amides is 2. The third-order valence-electron chi connectivity index (χ3n) is 4.21. The normalized spacial score (nSPS) is 12.5. The van der Waals surface area contributed by atoms with Crippen LogP contribution < -0.4 is 16.4 Å². The molecule has 26 heavy (non-hydrogen) atoms. The average Bonchev–Trinajstić information content (AvgIpc) is 2.60. The highest BCUT2D eigenvalue weighted by molar-refractivity contribution is 6.04. The monoisotopic (exact) mass is 375 g/mol. The van der Waals surface area contributed by atoms with Crippen LogP contribution in [-0.2, 0) is 11.3 Å². The molecule has 0 spiro atoms. The Bertz CT molecular complexity index is 745. The molecule has 0 aliphatic heterocycles. The van der Waals surface area contributed by atoms with Gasteiger partial charge < -0.3 is 16.4 Å². The summed E-state index contributed by atoms with van der Waals surface area (Å²) in [7, 11) is 0. The first-order valence-electron chi connectivity index (χ1n) is 8.37. The minimum absolute atomic E-state index is 0. The zero-order valence-electron chi connectivity index (χ0n) is 15.3. The van der Waals surface area contributed by atoms with Crippen molar-refractivity contribution in [1.29, 1.82) is 0 Å². The summed E-state index contributed by atoms with van der Waals surface area (Å²) >= 11 is 0. The highest BCUT2D eigenvalue weighted by Gasteiger charge is 2.19. The Hall–Kier alpha value is -2.37. The van der Waals surface area contributed by atoms with Crippen molar-refractivity contribution in [2.75, 3.05) is 5.32 Å². The predicted molar refractivity (Wildman–Crippen MR) is 107 cm³/mol. The number of aryl methyl sites for hydroxylation is 1. The standard InChI is InChI=1S/C20H25N3O2.ClH/c1-13-8-10-16(11-9-13)12-22-20(25)17-6-4-5-7-18(17)23-19(24)14(2)15(3)21;/h4-11,14-15H,12,21H2,1-3H3,(H,22,25)(H,23,24);1H. The Morgan fingerprint density at radius 1 is 1.04 bits per heavy atom. The lowest BCUT2D eigenvalue weighted by atomic mass is 10.0. The molecular formula is C20H26ClN3O2. The molecule has 0 aliphatic rings. The van der Waals surface area contributed by atoms with E-state index >= 15 is 0 Å². The van der Waals surface area contributed by atoms with Gasteiger partial charge in [0.2, 0.25) is 5.91 Å². The van der Waals surface area contributed by atoms with E-state index in [2.05, 4.69) is 10.6 Å².